The third kappa shape index (κ3) is 2.62. The van der Waals surface area contributed by atoms with E-state index in [2.05, 4.69) is 9.82 Å². The minimum atomic E-state index is -3.21. The van der Waals surface area contributed by atoms with E-state index in [4.69, 9.17) is 0 Å². The predicted octanol–water partition coefficient (Wildman–Crippen LogP) is 0.865. The molecule has 0 saturated carbocycles. The van der Waals surface area contributed by atoms with Crippen LogP contribution < -0.4 is 4.72 Å². The van der Waals surface area contributed by atoms with E-state index in [0.717, 1.165) is 17.0 Å². The summed E-state index contributed by atoms with van der Waals surface area (Å²) in [5.74, 6) is 0. The van der Waals surface area contributed by atoms with Crippen LogP contribution >= 0.6 is 0 Å². The molecule has 92 valence electrons. The van der Waals surface area contributed by atoms with E-state index in [9.17, 15) is 8.42 Å². The minimum absolute atomic E-state index is 0.312. The Kier molecular flexibility index (Phi) is 3.75. The average Bonchev–Trinajstić information content (AvgIpc) is 2.39. The first-order chi connectivity index (χ1) is 7.25. The van der Waals surface area contributed by atoms with Gasteiger partial charge in [-0.3, -0.25) is 4.68 Å². The summed E-state index contributed by atoms with van der Waals surface area (Å²) in [6, 6.07) is 0. The molecule has 1 rings (SSSR count). The number of aryl methyl sites for hydroxylation is 2. The molecule has 0 spiro atoms. The molecule has 1 aromatic rings. The lowest BCUT2D eigenvalue weighted by molar-refractivity contribution is 0.572. The lowest BCUT2D eigenvalue weighted by Crippen LogP contribution is -2.30. The molecule has 6 heteroatoms. The highest BCUT2D eigenvalue weighted by molar-refractivity contribution is 7.90. The first kappa shape index (κ1) is 13.2. The van der Waals surface area contributed by atoms with E-state index in [1.165, 1.54) is 0 Å². The van der Waals surface area contributed by atoms with Gasteiger partial charge in [0.2, 0.25) is 10.0 Å². The van der Waals surface area contributed by atoms with Crippen LogP contribution in [0.5, 0.6) is 0 Å². The molecule has 5 nitrogen and oxygen atoms in total. The van der Waals surface area contributed by atoms with Gasteiger partial charge in [0.1, 0.15) is 0 Å². The molecule has 1 aromatic heterocycles. The van der Waals surface area contributed by atoms with E-state index in [-0.39, 0.29) is 0 Å². The highest BCUT2D eigenvalue weighted by atomic mass is 32.2. The molecule has 1 N–H and O–H groups in total. The number of aromatic nitrogens is 2. The van der Waals surface area contributed by atoms with Crippen LogP contribution in [0.15, 0.2) is 0 Å². The van der Waals surface area contributed by atoms with Crippen molar-refractivity contribution in [1.29, 1.82) is 0 Å². The van der Waals surface area contributed by atoms with E-state index in [1.807, 2.05) is 20.9 Å². The Balaban J connectivity index is 2.84. The molecule has 0 radical (unpaired) electrons. The summed E-state index contributed by atoms with van der Waals surface area (Å²) in [5.41, 5.74) is 2.81. The first-order valence-electron chi connectivity index (χ1n) is 5.23. The zero-order valence-corrected chi connectivity index (χ0v) is 11.2. The van der Waals surface area contributed by atoms with Gasteiger partial charge in [-0.15, -0.1) is 0 Å². The maximum Gasteiger partial charge on any atom is 0.214 e. The fraction of sp³-hybridized carbons (Fsp3) is 0.700. The summed E-state index contributed by atoms with van der Waals surface area (Å²) in [7, 11) is -1.36. The zero-order chi connectivity index (χ0) is 12.5. The highest BCUT2D eigenvalue weighted by Crippen LogP contribution is 2.12. The molecule has 0 fully saturated rings. The van der Waals surface area contributed by atoms with Gasteiger partial charge >= 0.3 is 0 Å². The summed E-state index contributed by atoms with van der Waals surface area (Å²) in [5, 5.41) is 3.83. The van der Waals surface area contributed by atoms with Gasteiger partial charge in [-0.05, 0) is 27.7 Å². The molecular formula is C10H19N3O2S. The van der Waals surface area contributed by atoms with Gasteiger partial charge in [0.25, 0.3) is 0 Å². The Morgan fingerprint density at radius 1 is 1.38 bits per heavy atom. The van der Waals surface area contributed by atoms with Crippen molar-refractivity contribution in [1.82, 2.24) is 14.5 Å². The van der Waals surface area contributed by atoms with E-state index >= 15 is 0 Å². The van der Waals surface area contributed by atoms with Crippen LogP contribution in [0.2, 0.25) is 0 Å². The Hall–Kier alpha value is -0.880. The van der Waals surface area contributed by atoms with Crippen LogP contribution in [0.4, 0.5) is 0 Å². The Labute approximate surface area is 96.9 Å². The van der Waals surface area contributed by atoms with Crippen molar-refractivity contribution in [3.8, 4) is 0 Å². The van der Waals surface area contributed by atoms with Crippen molar-refractivity contribution >= 4 is 10.0 Å². The average molecular weight is 245 g/mol. The minimum Gasteiger partial charge on any atom is -0.272 e. The van der Waals surface area contributed by atoms with Crippen molar-refractivity contribution < 1.29 is 8.42 Å². The summed E-state index contributed by atoms with van der Waals surface area (Å²) >= 11 is 0. The molecule has 0 aliphatic heterocycles. The number of nitrogens with zero attached hydrogens (tertiary/aromatic N) is 2. The highest BCUT2D eigenvalue weighted by Gasteiger charge is 2.17. The van der Waals surface area contributed by atoms with Gasteiger partial charge in [-0.1, -0.05) is 0 Å². The number of hydrogen-bond acceptors (Lipinski definition) is 3. The molecule has 0 amide bonds. The molecule has 0 aliphatic carbocycles. The molecule has 0 atom stereocenters. The first-order valence-corrected chi connectivity index (χ1v) is 6.78. The number of nitrogens with one attached hydrogen (secondary N) is 1. The fourth-order valence-electron chi connectivity index (χ4n) is 1.41. The maximum atomic E-state index is 11.6. The fourth-order valence-corrected chi connectivity index (χ4v) is 2.09. The van der Waals surface area contributed by atoms with E-state index < -0.39 is 15.3 Å². The molecule has 0 bridgehead atoms. The van der Waals surface area contributed by atoms with Crippen molar-refractivity contribution in [3.63, 3.8) is 0 Å². The molecule has 0 unspecified atom stereocenters. The second kappa shape index (κ2) is 4.55. The second-order valence-corrected chi connectivity index (χ2v) is 6.51. The van der Waals surface area contributed by atoms with Crippen LogP contribution in [0, 0.1) is 13.8 Å². The quantitative estimate of drug-likeness (QED) is 0.856. The van der Waals surface area contributed by atoms with Crippen LogP contribution in [0.1, 0.15) is 30.8 Å². The normalized spacial score (nSPS) is 12.4. The Morgan fingerprint density at radius 3 is 2.31 bits per heavy atom. The summed E-state index contributed by atoms with van der Waals surface area (Å²) in [6.45, 7) is 7.44. The molecule has 0 saturated heterocycles. The Morgan fingerprint density at radius 2 is 1.94 bits per heavy atom. The van der Waals surface area contributed by atoms with Crippen molar-refractivity contribution in [2.24, 2.45) is 7.05 Å². The van der Waals surface area contributed by atoms with Crippen LogP contribution in [0.25, 0.3) is 0 Å². The summed E-state index contributed by atoms with van der Waals surface area (Å²) in [4.78, 5) is 0. The number of rotatable bonds is 4. The van der Waals surface area contributed by atoms with Crippen LogP contribution in [-0.4, -0.2) is 23.4 Å². The van der Waals surface area contributed by atoms with Crippen LogP contribution in [-0.2, 0) is 23.6 Å². The monoisotopic (exact) mass is 245 g/mol. The van der Waals surface area contributed by atoms with Gasteiger partial charge in [-0.2, -0.15) is 5.10 Å². The summed E-state index contributed by atoms with van der Waals surface area (Å²) < 4.78 is 27.5. The molecule has 1 heterocycles. The topological polar surface area (TPSA) is 64.0 Å². The van der Waals surface area contributed by atoms with Crippen molar-refractivity contribution in [2.45, 2.75) is 39.5 Å². The largest absolute Gasteiger partial charge is 0.272 e. The summed E-state index contributed by atoms with van der Waals surface area (Å²) in [6.07, 6.45) is 0. The van der Waals surface area contributed by atoms with Crippen LogP contribution in [0.3, 0.4) is 0 Å². The molecular weight excluding hydrogens is 226 g/mol. The van der Waals surface area contributed by atoms with Gasteiger partial charge in [0.05, 0.1) is 10.9 Å². The maximum absolute atomic E-state index is 11.6. The van der Waals surface area contributed by atoms with Crippen molar-refractivity contribution in [3.05, 3.63) is 17.0 Å². The molecule has 0 aromatic carbocycles. The third-order valence-corrected chi connectivity index (χ3v) is 4.52. The van der Waals surface area contributed by atoms with E-state index in [0.29, 0.717) is 6.54 Å². The zero-order valence-electron chi connectivity index (χ0n) is 10.4. The number of sulfonamides is 1. The third-order valence-electron chi connectivity index (χ3n) is 2.73. The second-order valence-electron chi connectivity index (χ2n) is 4.19. The molecule has 16 heavy (non-hydrogen) atoms. The lowest BCUT2D eigenvalue weighted by atomic mass is 10.2. The standard InChI is InChI=1S/C10H19N3O2S/c1-7(2)16(14,15)11-6-10-8(3)12-13(5)9(10)4/h7,11H,6H2,1-5H3. The van der Waals surface area contributed by atoms with Gasteiger partial charge in [-0.25, -0.2) is 13.1 Å². The SMILES string of the molecule is Cc1nn(C)c(C)c1CNS(=O)(=O)C(C)C. The van der Waals surface area contributed by atoms with Gasteiger partial charge in [0.15, 0.2) is 0 Å². The van der Waals surface area contributed by atoms with Crippen molar-refractivity contribution in [2.75, 3.05) is 0 Å². The number of hydrogen-bond donors (Lipinski definition) is 1. The van der Waals surface area contributed by atoms with Gasteiger partial charge < -0.3 is 0 Å². The Bertz CT molecular complexity index is 474. The van der Waals surface area contributed by atoms with Gasteiger partial charge in [0, 0.05) is 24.8 Å². The smallest absolute Gasteiger partial charge is 0.214 e. The van der Waals surface area contributed by atoms with E-state index in [1.54, 1.807) is 18.5 Å². The predicted molar refractivity (Wildman–Crippen MR) is 63.6 cm³/mol. The molecule has 0 aliphatic rings. The lowest BCUT2D eigenvalue weighted by Gasteiger charge is -2.09.